The fourth-order valence-electron chi connectivity index (χ4n) is 2.36. The Kier molecular flexibility index (Phi) is 6.00. The second kappa shape index (κ2) is 6.93. The van der Waals surface area contributed by atoms with E-state index in [1.165, 1.54) is 17.4 Å². The first-order valence-corrected chi connectivity index (χ1v) is 9.53. The Morgan fingerprint density at radius 1 is 1.14 bits per heavy atom. The lowest BCUT2D eigenvalue weighted by molar-refractivity contribution is 0.493. The van der Waals surface area contributed by atoms with E-state index in [0.29, 0.717) is 0 Å². The quantitative estimate of drug-likeness (QED) is 0.878. The van der Waals surface area contributed by atoms with Gasteiger partial charge in [-0.1, -0.05) is 52.0 Å². The van der Waals surface area contributed by atoms with Gasteiger partial charge >= 0.3 is 0 Å². The van der Waals surface area contributed by atoms with E-state index in [-0.39, 0.29) is 16.7 Å². The van der Waals surface area contributed by atoms with Gasteiger partial charge in [-0.05, 0) is 36.4 Å². The maximum absolute atomic E-state index is 11.8. The van der Waals surface area contributed by atoms with Gasteiger partial charge in [0, 0.05) is 12.3 Å². The molecule has 1 rings (SSSR count). The Balaban J connectivity index is 2.90. The minimum absolute atomic E-state index is 0.0505. The maximum Gasteiger partial charge on any atom is 0.151 e. The Hall–Kier alpha value is -0.870. The number of nitrogens with one attached hydrogen (secondary N) is 1. The molecular formula is C17H29NO2S. The van der Waals surface area contributed by atoms with Crippen molar-refractivity contribution in [2.75, 3.05) is 12.8 Å². The van der Waals surface area contributed by atoms with Crippen molar-refractivity contribution in [2.24, 2.45) is 0 Å². The first kappa shape index (κ1) is 18.2. The summed E-state index contributed by atoms with van der Waals surface area (Å²) in [6.07, 6.45) is 2.04. The standard InChI is InChI=1S/C17H29NO2S/c1-7-18-16(13(2)21(6,19)20)12-14-8-10-15(11-9-14)17(3,4)5/h8-11,13,16,18H,7,12H2,1-6H3. The Bertz CT molecular complexity index is 541. The first-order chi connectivity index (χ1) is 9.55. The van der Waals surface area contributed by atoms with Gasteiger partial charge in [-0.3, -0.25) is 0 Å². The summed E-state index contributed by atoms with van der Waals surface area (Å²) < 4.78 is 23.6. The first-order valence-electron chi connectivity index (χ1n) is 7.57. The molecule has 0 saturated carbocycles. The van der Waals surface area contributed by atoms with Gasteiger partial charge in [-0.2, -0.15) is 0 Å². The average Bonchev–Trinajstić information content (AvgIpc) is 2.36. The van der Waals surface area contributed by atoms with Gasteiger partial charge in [0.1, 0.15) is 0 Å². The molecule has 0 amide bonds. The van der Waals surface area contributed by atoms with Gasteiger partial charge in [0.2, 0.25) is 0 Å². The molecule has 1 aromatic carbocycles. The molecule has 120 valence electrons. The van der Waals surface area contributed by atoms with E-state index in [4.69, 9.17) is 0 Å². The van der Waals surface area contributed by atoms with Gasteiger partial charge in [0.25, 0.3) is 0 Å². The lowest BCUT2D eigenvalue weighted by Crippen LogP contribution is -2.43. The highest BCUT2D eigenvalue weighted by molar-refractivity contribution is 7.91. The van der Waals surface area contributed by atoms with Crippen LogP contribution in [0.3, 0.4) is 0 Å². The van der Waals surface area contributed by atoms with E-state index in [9.17, 15) is 8.42 Å². The monoisotopic (exact) mass is 311 g/mol. The van der Waals surface area contributed by atoms with Crippen molar-refractivity contribution in [1.29, 1.82) is 0 Å². The van der Waals surface area contributed by atoms with Gasteiger partial charge in [-0.25, -0.2) is 8.42 Å². The van der Waals surface area contributed by atoms with E-state index in [1.807, 2.05) is 6.92 Å². The highest BCUT2D eigenvalue weighted by Crippen LogP contribution is 2.23. The van der Waals surface area contributed by atoms with E-state index in [0.717, 1.165) is 13.0 Å². The molecule has 1 N–H and O–H groups in total. The van der Waals surface area contributed by atoms with E-state index < -0.39 is 9.84 Å². The molecular weight excluding hydrogens is 282 g/mol. The van der Waals surface area contributed by atoms with Gasteiger partial charge in [0.15, 0.2) is 9.84 Å². The predicted octanol–water partition coefficient (Wildman–Crippen LogP) is 2.94. The molecule has 0 fully saturated rings. The fraction of sp³-hybridized carbons (Fsp3) is 0.647. The van der Waals surface area contributed by atoms with E-state index in [1.54, 1.807) is 6.92 Å². The minimum Gasteiger partial charge on any atom is -0.313 e. The number of hydrogen-bond acceptors (Lipinski definition) is 3. The summed E-state index contributed by atoms with van der Waals surface area (Å²) in [4.78, 5) is 0. The summed E-state index contributed by atoms with van der Waals surface area (Å²) in [5.41, 5.74) is 2.60. The second-order valence-electron chi connectivity index (χ2n) is 6.85. The molecule has 2 unspecified atom stereocenters. The van der Waals surface area contributed by atoms with Crippen LogP contribution in [0.4, 0.5) is 0 Å². The summed E-state index contributed by atoms with van der Waals surface area (Å²) in [5, 5.41) is 2.91. The molecule has 0 aliphatic rings. The zero-order valence-electron chi connectivity index (χ0n) is 14.1. The van der Waals surface area contributed by atoms with Crippen LogP contribution in [0.1, 0.15) is 45.7 Å². The summed E-state index contributed by atoms with van der Waals surface area (Å²) in [5.74, 6) is 0. The summed E-state index contributed by atoms with van der Waals surface area (Å²) in [6, 6.07) is 8.46. The molecule has 0 bridgehead atoms. The van der Waals surface area contributed by atoms with Gasteiger partial charge in [-0.15, -0.1) is 0 Å². The average molecular weight is 311 g/mol. The lowest BCUT2D eigenvalue weighted by Gasteiger charge is -2.24. The van der Waals surface area contributed by atoms with Crippen molar-refractivity contribution in [2.45, 2.75) is 57.7 Å². The Morgan fingerprint density at radius 2 is 1.67 bits per heavy atom. The van der Waals surface area contributed by atoms with Crippen LogP contribution in [-0.4, -0.2) is 32.5 Å². The van der Waals surface area contributed by atoms with Crippen LogP contribution in [0.25, 0.3) is 0 Å². The smallest absolute Gasteiger partial charge is 0.151 e. The molecule has 0 aromatic heterocycles. The number of hydrogen-bond donors (Lipinski definition) is 1. The third-order valence-corrected chi connectivity index (χ3v) is 5.66. The summed E-state index contributed by atoms with van der Waals surface area (Å²) in [6.45, 7) is 11.1. The van der Waals surface area contributed by atoms with Crippen LogP contribution < -0.4 is 5.32 Å². The molecule has 2 atom stereocenters. The molecule has 4 heteroatoms. The molecule has 21 heavy (non-hydrogen) atoms. The van der Waals surface area contributed by atoms with Crippen LogP contribution in [0, 0.1) is 0 Å². The zero-order chi connectivity index (χ0) is 16.3. The number of benzene rings is 1. The molecule has 0 aliphatic carbocycles. The van der Waals surface area contributed by atoms with Crippen molar-refractivity contribution >= 4 is 9.84 Å². The Morgan fingerprint density at radius 3 is 2.05 bits per heavy atom. The number of sulfone groups is 1. The fourth-order valence-corrected chi connectivity index (χ4v) is 3.15. The van der Waals surface area contributed by atoms with Crippen LogP contribution in [0.2, 0.25) is 0 Å². The highest BCUT2D eigenvalue weighted by Gasteiger charge is 2.25. The number of rotatable bonds is 6. The van der Waals surface area contributed by atoms with Crippen molar-refractivity contribution in [3.63, 3.8) is 0 Å². The maximum atomic E-state index is 11.8. The van der Waals surface area contributed by atoms with E-state index >= 15 is 0 Å². The molecule has 1 aromatic rings. The Labute approximate surface area is 130 Å². The predicted molar refractivity (Wildman–Crippen MR) is 90.6 cm³/mol. The van der Waals surface area contributed by atoms with Crippen LogP contribution >= 0.6 is 0 Å². The van der Waals surface area contributed by atoms with Crippen LogP contribution in [0.15, 0.2) is 24.3 Å². The molecule has 3 nitrogen and oxygen atoms in total. The van der Waals surface area contributed by atoms with Crippen molar-refractivity contribution in [3.05, 3.63) is 35.4 Å². The highest BCUT2D eigenvalue weighted by atomic mass is 32.2. The SMILES string of the molecule is CCNC(Cc1ccc(C(C)(C)C)cc1)C(C)S(C)(=O)=O. The zero-order valence-corrected chi connectivity index (χ0v) is 14.9. The molecule has 0 heterocycles. The molecule has 0 aliphatic heterocycles. The van der Waals surface area contributed by atoms with Crippen molar-refractivity contribution in [1.82, 2.24) is 5.32 Å². The largest absolute Gasteiger partial charge is 0.313 e. The minimum atomic E-state index is -3.04. The van der Waals surface area contributed by atoms with Crippen molar-refractivity contribution in [3.8, 4) is 0 Å². The summed E-state index contributed by atoms with van der Waals surface area (Å²) >= 11 is 0. The molecule has 0 spiro atoms. The third-order valence-electron chi connectivity index (χ3n) is 3.98. The number of likely N-dealkylation sites (N-methyl/N-ethyl adjacent to an activating group) is 1. The normalized spacial score (nSPS) is 15.7. The van der Waals surface area contributed by atoms with Gasteiger partial charge < -0.3 is 5.32 Å². The molecule has 0 saturated heterocycles. The van der Waals surface area contributed by atoms with Crippen molar-refractivity contribution < 1.29 is 8.42 Å². The van der Waals surface area contributed by atoms with Gasteiger partial charge in [0.05, 0.1) is 5.25 Å². The lowest BCUT2D eigenvalue weighted by atomic mass is 9.86. The van der Waals surface area contributed by atoms with Crippen LogP contribution in [0.5, 0.6) is 0 Å². The third kappa shape index (κ3) is 5.44. The summed E-state index contributed by atoms with van der Waals surface area (Å²) in [7, 11) is -3.04. The topological polar surface area (TPSA) is 46.2 Å². The second-order valence-corrected chi connectivity index (χ2v) is 9.25. The molecule has 0 radical (unpaired) electrons. The van der Waals surface area contributed by atoms with Crippen LogP contribution in [-0.2, 0) is 21.7 Å². The van der Waals surface area contributed by atoms with E-state index in [2.05, 4.69) is 50.4 Å².